The van der Waals surface area contributed by atoms with E-state index in [0.29, 0.717) is 15.9 Å². The van der Waals surface area contributed by atoms with Gasteiger partial charge in [-0.15, -0.1) is 0 Å². The number of aryl methyl sites for hydroxylation is 2. The summed E-state index contributed by atoms with van der Waals surface area (Å²) in [5, 5.41) is 2.73. The first kappa shape index (κ1) is 14.5. The summed E-state index contributed by atoms with van der Waals surface area (Å²) < 4.78 is 13.6. The van der Waals surface area contributed by atoms with E-state index in [2.05, 4.69) is 26.2 Å². The Morgan fingerprint density at radius 1 is 1.35 bits per heavy atom. The average Bonchev–Trinajstić information content (AvgIpc) is 2.37. The second-order valence-corrected chi connectivity index (χ2v) is 5.25. The highest BCUT2D eigenvalue weighted by molar-refractivity contribution is 9.10. The van der Waals surface area contributed by atoms with Gasteiger partial charge in [0.05, 0.1) is 22.6 Å². The first-order valence-corrected chi connectivity index (χ1v) is 6.68. The molecule has 0 aliphatic rings. The number of halogens is 2. The van der Waals surface area contributed by atoms with Gasteiger partial charge in [0.2, 0.25) is 0 Å². The van der Waals surface area contributed by atoms with Gasteiger partial charge in [0, 0.05) is 10.2 Å². The Hall–Kier alpha value is -1.95. The molecule has 104 valence electrons. The first-order chi connectivity index (χ1) is 9.38. The number of nitrogens with two attached hydrogens (primary N) is 1. The molecular weight excluding hydrogens is 325 g/mol. The fourth-order valence-electron chi connectivity index (χ4n) is 1.75. The molecular formula is C14H13BrFN3O. The van der Waals surface area contributed by atoms with Crippen molar-refractivity contribution >= 4 is 33.2 Å². The second kappa shape index (κ2) is 5.58. The minimum atomic E-state index is -0.568. The van der Waals surface area contributed by atoms with E-state index in [-0.39, 0.29) is 17.2 Å². The quantitative estimate of drug-likeness (QED) is 0.825. The summed E-state index contributed by atoms with van der Waals surface area (Å²) in [6, 6.07) is 6.04. The summed E-state index contributed by atoms with van der Waals surface area (Å²) in [6.45, 7) is 3.67. The van der Waals surface area contributed by atoms with Gasteiger partial charge >= 0.3 is 0 Å². The molecule has 4 nitrogen and oxygen atoms in total. The van der Waals surface area contributed by atoms with Crippen LogP contribution in [0, 0.1) is 19.7 Å². The van der Waals surface area contributed by atoms with E-state index in [1.54, 1.807) is 19.1 Å². The predicted molar refractivity (Wildman–Crippen MR) is 80.2 cm³/mol. The van der Waals surface area contributed by atoms with Crippen molar-refractivity contribution in [3.63, 3.8) is 0 Å². The Kier molecular flexibility index (Phi) is 4.04. The number of hydrogen-bond donors (Lipinski definition) is 2. The Bertz CT molecular complexity index is 688. The SMILES string of the molecule is Cc1ccc(NC(=O)c2cc(N)c(F)cc2Br)c(C)n1. The summed E-state index contributed by atoms with van der Waals surface area (Å²) in [7, 11) is 0. The van der Waals surface area contributed by atoms with Crippen molar-refractivity contribution in [2.24, 2.45) is 0 Å². The molecule has 1 heterocycles. The van der Waals surface area contributed by atoms with Crippen LogP contribution in [0.5, 0.6) is 0 Å². The second-order valence-electron chi connectivity index (χ2n) is 4.39. The lowest BCUT2D eigenvalue weighted by molar-refractivity contribution is 0.102. The van der Waals surface area contributed by atoms with Crippen LogP contribution in [0.2, 0.25) is 0 Å². The number of amides is 1. The molecule has 2 rings (SSSR count). The number of nitrogen functional groups attached to an aromatic ring is 1. The van der Waals surface area contributed by atoms with Crippen LogP contribution in [0.3, 0.4) is 0 Å². The van der Waals surface area contributed by atoms with Gasteiger partial charge in [-0.1, -0.05) is 0 Å². The number of aromatic nitrogens is 1. The maximum Gasteiger partial charge on any atom is 0.256 e. The molecule has 0 saturated carbocycles. The van der Waals surface area contributed by atoms with E-state index < -0.39 is 5.82 Å². The third-order valence-corrected chi connectivity index (χ3v) is 3.46. The van der Waals surface area contributed by atoms with Crippen LogP contribution in [0.15, 0.2) is 28.7 Å². The summed E-state index contributed by atoms with van der Waals surface area (Å²) >= 11 is 3.15. The van der Waals surface area contributed by atoms with E-state index in [1.165, 1.54) is 12.1 Å². The van der Waals surface area contributed by atoms with Gasteiger partial charge < -0.3 is 11.1 Å². The van der Waals surface area contributed by atoms with Crippen molar-refractivity contribution in [1.29, 1.82) is 0 Å². The molecule has 0 radical (unpaired) electrons. The lowest BCUT2D eigenvalue weighted by Crippen LogP contribution is -2.14. The molecule has 0 unspecified atom stereocenters. The Morgan fingerprint density at radius 3 is 2.70 bits per heavy atom. The highest BCUT2D eigenvalue weighted by Crippen LogP contribution is 2.24. The van der Waals surface area contributed by atoms with Gasteiger partial charge in [-0.3, -0.25) is 9.78 Å². The van der Waals surface area contributed by atoms with Crippen LogP contribution in [-0.2, 0) is 0 Å². The summed E-state index contributed by atoms with van der Waals surface area (Å²) in [4.78, 5) is 16.5. The molecule has 1 aromatic heterocycles. The van der Waals surface area contributed by atoms with Crippen LogP contribution in [0.4, 0.5) is 15.8 Å². The van der Waals surface area contributed by atoms with Gasteiger partial charge in [0.25, 0.3) is 5.91 Å². The van der Waals surface area contributed by atoms with Gasteiger partial charge in [-0.2, -0.15) is 0 Å². The standard InChI is InChI=1S/C14H13BrFN3O/c1-7-3-4-13(8(2)18-7)19-14(20)9-5-12(17)11(16)6-10(9)15/h3-6H,17H2,1-2H3,(H,19,20). The van der Waals surface area contributed by atoms with Gasteiger partial charge in [0.1, 0.15) is 5.82 Å². The number of benzene rings is 1. The number of rotatable bonds is 2. The lowest BCUT2D eigenvalue weighted by Gasteiger charge is -2.10. The molecule has 0 fully saturated rings. The molecule has 1 amide bonds. The largest absolute Gasteiger partial charge is 0.396 e. The third-order valence-electron chi connectivity index (χ3n) is 2.80. The zero-order valence-electron chi connectivity index (χ0n) is 11.0. The van der Waals surface area contributed by atoms with Crippen molar-refractivity contribution in [2.45, 2.75) is 13.8 Å². The fourth-order valence-corrected chi connectivity index (χ4v) is 2.24. The van der Waals surface area contributed by atoms with Crippen molar-refractivity contribution in [1.82, 2.24) is 4.98 Å². The zero-order chi connectivity index (χ0) is 14.9. The van der Waals surface area contributed by atoms with Gasteiger partial charge in [-0.25, -0.2) is 4.39 Å². The summed E-state index contributed by atoms with van der Waals surface area (Å²) in [5.41, 5.74) is 7.87. The van der Waals surface area contributed by atoms with Gasteiger partial charge in [0.15, 0.2) is 0 Å². The molecule has 0 aliphatic heterocycles. The lowest BCUT2D eigenvalue weighted by atomic mass is 10.1. The number of nitrogens with zero attached hydrogens (tertiary/aromatic N) is 1. The smallest absolute Gasteiger partial charge is 0.256 e. The predicted octanol–water partition coefficient (Wildman–Crippen LogP) is 3.43. The van der Waals surface area contributed by atoms with Crippen LogP contribution in [0.25, 0.3) is 0 Å². The molecule has 0 saturated heterocycles. The maximum atomic E-state index is 13.3. The van der Waals surface area contributed by atoms with Crippen LogP contribution < -0.4 is 11.1 Å². The van der Waals surface area contributed by atoms with Crippen LogP contribution >= 0.6 is 15.9 Å². The Balaban J connectivity index is 2.31. The highest BCUT2D eigenvalue weighted by Gasteiger charge is 2.14. The Labute approximate surface area is 124 Å². The Morgan fingerprint density at radius 2 is 2.05 bits per heavy atom. The number of carbonyl (C=O) groups is 1. The fraction of sp³-hybridized carbons (Fsp3) is 0.143. The van der Waals surface area contributed by atoms with E-state index in [1.807, 2.05) is 6.92 Å². The molecule has 0 spiro atoms. The molecule has 2 aromatic rings. The molecule has 0 bridgehead atoms. The third kappa shape index (κ3) is 2.96. The molecule has 20 heavy (non-hydrogen) atoms. The van der Waals surface area contributed by atoms with Crippen molar-refractivity contribution in [2.75, 3.05) is 11.1 Å². The van der Waals surface area contributed by atoms with Crippen LogP contribution in [0.1, 0.15) is 21.7 Å². The summed E-state index contributed by atoms with van der Waals surface area (Å²) in [6.07, 6.45) is 0. The van der Waals surface area contributed by atoms with E-state index in [9.17, 15) is 9.18 Å². The first-order valence-electron chi connectivity index (χ1n) is 5.88. The van der Waals surface area contributed by atoms with E-state index >= 15 is 0 Å². The highest BCUT2D eigenvalue weighted by atomic mass is 79.9. The number of carbonyl (C=O) groups excluding carboxylic acids is 1. The molecule has 6 heteroatoms. The number of hydrogen-bond acceptors (Lipinski definition) is 3. The molecule has 1 aromatic carbocycles. The number of pyridine rings is 1. The minimum absolute atomic E-state index is 0.0721. The van der Waals surface area contributed by atoms with Crippen molar-refractivity contribution < 1.29 is 9.18 Å². The van der Waals surface area contributed by atoms with Crippen molar-refractivity contribution in [3.8, 4) is 0 Å². The summed E-state index contributed by atoms with van der Waals surface area (Å²) in [5.74, 6) is -0.945. The molecule has 0 atom stereocenters. The molecule has 3 N–H and O–H groups in total. The van der Waals surface area contributed by atoms with Crippen molar-refractivity contribution in [3.05, 3.63) is 51.5 Å². The number of anilines is 2. The zero-order valence-corrected chi connectivity index (χ0v) is 12.6. The minimum Gasteiger partial charge on any atom is -0.396 e. The topological polar surface area (TPSA) is 68.0 Å². The number of nitrogens with one attached hydrogen (secondary N) is 1. The van der Waals surface area contributed by atoms with Crippen LogP contribution in [-0.4, -0.2) is 10.9 Å². The maximum absolute atomic E-state index is 13.3. The van der Waals surface area contributed by atoms with Gasteiger partial charge in [-0.05, 0) is 54.0 Å². The average molecular weight is 338 g/mol. The monoisotopic (exact) mass is 337 g/mol. The van der Waals surface area contributed by atoms with E-state index in [0.717, 1.165) is 5.69 Å². The van der Waals surface area contributed by atoms with E-state index in [4.69, 9.17) is 5.73 Å². The normalized spacial score (nSPS) is 10.4. The molecule has 0 aliphatic carbocycles.